The highest BCUT2D eigenvalue weighted by Gasteiger charge is 2.62. The number of aliphatic hydroxyl groups excluding tert-OH is 2. The third-order valence-corrected chi connectivity index (χ3v) is 11.6. The molecule has 0 saturated heterocycles. The van der Waals surface area contributed by atoms with E-state index in [1.54, 1.807) is 6.20 Å². The first-order valence-corrected chi connectivity index (χ1v) is 14.2. The minimum atomic E-state index is -0.194. The summed E-state index contributed by atoms with van der Waals surface area (Å²) < 4.78 is 0. The molecule has 2 heterocycles. The summed E-state index contributed by atoms with van der Waals surface area (Å²) in [7, 11) is 0. The highest BCUT2D eigenvalue weighted by Crippen LogP contribution is 2.68. The highest BCUT2D eigenvalue weighted by atomic mass is 16.3. The minimum Gasteiger partial charge on any atom is -0.393 e. The molecule has 5 nitrogen and oxygen atoms in total. The highest BCUT2D eigenvalue weighted by molar-refractivity contribution is 5.72. The lowest BCUT2D eigenvalue weighted by Crippen LogP contribution is -2.58. The Bertz CT molecular complexity index is 1080. The first-order valence-electron chi connectivity index (χ1n) is 14.2. The summed E-state index contributed by atoms with van der Waals surface area (Å²) >= 11 is 0. The van der Waals surface area contributed by atoms with Crippen molar-refractivity contribution in [2.45, 2.75) is 97.2 Å². The molecule has 4 saturated carbocycles. The van der Waals surface area contributed by atoms with E-state index in [1.165, 1.54) is 25.7 Å². The van der Waals surface area contributed by atoms with Crippen molar-refractivity contribution >= 4 is 11.0 Å². The second-order valence-corrected chi connectivity index (χ2v) is 13.2. The zero-order valence-corrected chi connectivity index (χ0v) is 21.7. The van der Waals surface area contributed by atoms with Crippen molar-refractivity contribution in [3.8, 4) is 0 Å². The van der Waals surface area contributed by atoms with E-state index in [0.717, 1.165) is 55.4 Å². The van der Waals surface area contributed by atoms with Crippen LogP contribution in [0, 0.1) is 46.3 Å². The predicted octanol–water partition coefficient (Wildman–Crippen LogP) is 5.58. The van der Waals surface area contributed by atoms with Crippen LogP contribution in [0.5, 0.6) is 0 Å². The third-order valence-electron chi connectivity index (χ3n) is 11.6. The van der Waals surface area contributed by atoms with Gasteiger partial charge in [-0.25, -0.2) is 15.0 Å². The van der Waals surface area contributed by atoms with Crippen molar-refractivity contribution in [1.29, 1.82) is 0 Å². The summed E-state index contributed by atoms with van der Waals surface area (Å²) in [6.45, 7) is 7.51. The Morgan fingerprint density at radius 3 is 2.66 bits per heavy atom. The van der Waals surface area contributed by atoms with Gasteiger partial charge in [0.15, 0.2) is 5.65 Å². The van der Waals surface area contributed by atoms with Crippen LogP contribution in [0.25, 0.3) is 11.0 Å². The third kappa shape index (κ3) is 3.83. The Balaban J connectivity index is 1.17. The second kappa shape index (κ2) is 8.76. The number of rotatable bonds is 4. The molecule has 0 spiro atoms. The molecule has 0 aliphatic heterocycles. The topological polar surface area (TPSA) is 79.1 Å². The van der Waals surface area contributed by atoms with Crippen molar-refractivity contribution in [2.24, 2.45) is 46.3 Å². The summed E-state index contributed by atoms with van der Waals surface area (Å²) in [5, 5.41) is 22.8. The molecule has 2 aromatic heterocycles. The summed E-state index contributed by atoms with van der Waals surface area (Å²) in [5.74, 6) is 4.42. The molecule has 2 aromatic rings. The van der Waals surface area contributed by atoms with E-state index in [4.69, 9.17) is 4.98 Å². The van der Waals surface area contributed by atoms with E-state index < -0.39 is 0 Å². The van der Waals surface area contributed by atoms with E-state index in [0.29, 0.717) is 46.3 Å². The smallest absolute Gasteiger partial charge is 0.162 e. The van der Waals surface area contributed by atoms with Crippen LogP contribution in [0.3, 0.4) is 0 Å². The molecule has 0 bridgehead atoms. The van der Waals surface area contributed by atoms with Gasteiger partial charge >= 0.3 is 0 Å². The fourth-order valence-electron chi connectivity index (χ4n) is 9.75. The normalized spacial score (nSPS) is 43.9. The van der Waals surface area contributed by atoms with Crippen LogP contribution in [-0.2, 0) is 6.42 Å². The zero-order valence-electron chi connectivity index (χ0n) is 21.7. The molecule has 35 heavy (non-hydrogen) atoms. The molecule has 0 aromatic carbocycles. The minimum absolute atomic E-state index is 0.162. The molecule has 0 amide bonds. The van der Waals surface area contributed by atoms with Gasteiger partial charge in [0.1, 0.15) is 5.82 Å². The molecule has 2 N–H and O–H groups in total. The van der Waals surface area contributed by atoms with Crippen molar-refractivity contribution in [2.75, 3.05) is 0 Å². The van der Waals surface area contributed by atoms with Gasteiger partial charge in [0, 0.05) is 24.2 Å². The van der Waals surface area contributed by atoms with Gasteiger partial charge in [-0.05, 0) is 116 Å². The fraction of sp³-hybridized carbons (Fsp3) is 0.767. The van der Waals surface area contributed by atoms with Crippen LogP contribution in [-0.4, -0.2) is 37.4 Å². The molecule has 4 fully saturated rings. The Hall–Kier alpha value is -1.59. The maximum Gasteiger partial charge on any atom is 0.162 e. The molecule has 0 radical (unpaired) electrons. The first-order chi connectivity index (χ1) is 16.8. The van der Waals surface area contributed by atoms with Gasteiger partial charge in [-0.2, -0.15) is 0 Å². The Morgan fingerprint density at radius 2 is 1.80 bits per heavy atom. The van der Waals surface area contributed by atoms with Crippen LogP contribution in [0.1, 0.15) is 84.4 Å². The van der Waals surface area contributed by atoms with Gasteiger partial charge in [-0.3, -0.25) is 0 Å². The largest absolute Gasteiger partial charge is 0.393 e. The predicted molar refractivity (Wildman–Crippen MR) is 137 cm³/mol. The van der Waals surface area contributed by atoms with E-state index in [9.17, 15) is 10.2 Å². The van der Waals surface area contributed by atoms with Crippen molar-refractivity contribution in [3.63, 3.8) is 0 Å². The van der Waals surface area contributed by atoms with Crippen LogP contribution < -0.4 is 0 Å². The fourth-order valence-corrected chi connectivity index (χ4v) is 9.75. The lowest BCUT2D eigenvalue weighted by Gasteiger charge is -2.62. The van der Waals surface area contributed by atoms with Crippen molar-refractivity contribution in [3.05, 3.63) is 30.4 Å². The number of nitrogens with zero attached hydrogens (tertiary/aromatic N) is 3. The number of hydrogen-bond donors (Lipinski definition) is 2. The van der Waals surface area contributed by atoms with Gasteiger partial charge in [-0.1, -0.05) is 20.8 Å². The molecule has 1 unspecified atom stereocenters. The summed E-state index contributed by atoms with van der Waals surface area (Å²) in [4.78, 5) is 13.7. The van der Waals surface area contributed by atoms with Gasteiger partial charge in [0.2, 0.25) is 0 Å². The van der Waals surface area contributed by atoms with E-state index in [2.05, 4.69) is 30.7 Å². The molecular formula is C30H43N3O2. The van der Waals surface area contributed by atoms with E-state index in [1.807, 2.05) is 18.3 Å². The van der Waals surface area contributed by atoms with Gasteiger partial charge in [0.05, 0.1) is 12.2 Å². The lowest BCUT2D eigenvalue weighted by molar-refractivity contribution is -0.174. The Labute approximate surface area is 210 Å². The number of aliphatic hydroxyl groups is 2. The number of aryl methyl sites for hydroxylation is 1. The number of pyridine rings is 1. The summed E-state index contributed by atoms with van der Waals surface area (Å²) in [6, 6.07) is 3.95. The lowest BCUT2D eigenvalue weighted by atomic mass is 9.43. The number of fused-ring (bicyclic) bond motifs is 6. The summed E-state index contributed by atoms with van der Waals surface area (Å²) in [5.41, 5.74) is 1.42. The first kappa shape index (κ1) is 23.8. The van der Waals surface area contributed by atoms with Gasteiger partial charge < -0.3 is 10.2 Å². The van der Waals surface area contributed by atoms with Crippen LogP contribution in [0.2, 0.25) is 0 Å². The van der Waals surface area contributed by atoms with Crippen LogP contribution in [0.15, 0.2) is 24.5 Å². The molecule has 6 rings (SSSR count). The van der Waals surface area contributed by atoms with E-state index in [-0.39, 0.29) is 12.2 Å². The maximum absolute atomic E-state index is 11.5. The van der Waals surface area contributed by atoms with Gasteiger partial charge in [-0.15, -0.1) is 0 Å². The average Bonchev–Trinajstić information content (AvgIpc) is 3.21. The molecule has 10 atom stereocenters. The zero-order chi connectivity index (χ0) is 24.4. The van der Waals surface area contributed by atoms with Crippen LogP contribution >= 0.6 is 0 Å². The van der Waals surface area contributed by atoms with Crippen LogP contribution in [0.4, 0.5) is 0 Å². The Kier molecular flexibility index (Phi) is 5.95. The summed E-state index contributed by atoms with van der Waals surface area (Å²) in [6.07, 6.45) is 14.3. The van der Waals surface area contributed by atoms with Crippen molar-refractivity contribution in [1.82, 2.24) is 15.0 Å². The molecular weight excluding hydrogens is 434 g/mol. The average molecular weight is 478 g/mol. The monoisotopic (exact) mass is 477 g/mol. The molecule has 5 heteroatoms. The Morgan fingerprint density at radius 1 is 1.00 bits per heavy atom. The SMILES string of the molecule is C[C@H](CCc1ncc2cccnc2n1)[C@H]1CC[C@H]2[C@H]3C(CC[C@]12C)[C@@]1(C)CC[C@@H](O)C[C@H]1C[C@@H]3O. The molecule has 4 aliphatic carbocycles. The number of aromatic nitrogens is 3. The molecule has 190 valence electrons. The standard InChI is InChI=1S/C30H43N3O2/c1-18(6-9-26-32-17-19-5-4-14-31-28(19)33-26)22-7-8-23-27-24(11-13-30(22,23)3)29(2)12-10-21(34)15-20(29)16-25(27)35/h4-5,14,17-18,20-25,27,34-35H,6-13,15-16H2,1-3H3/t18-,20+,21-,22-,23+,24?,25+,27+,29+,30-/m1/s1. The molecule has 4 aliphatic rings. The van der Waals surface area contributed by atoms with Gasteiger partial charge in [0.25, 0.3) is 0 Å². The number of hydrogen-bond acceptors (Lipinski definition) is 5. The maximum atomic E-state index is 11.5. The second-order valence-electron chi connectivity index (χ2n) is 13.2. The van der Waals surface area contributed by atoms with E-state index >= 15 is 0 Å². The quantitative estimate of drug-likeness (QED) is 0.601. The van der Waals surface area contributed by atoms with Crippen molar-refractivity contribution < 1.29 is 10.2 Å².